The van der Waals surface area contributed by atoms with E-state index in [9.17, 15) is 9.90 Å². The molecule has 1 aliphatic rings. The van der Waals surface area contributed by atoms with Gasteiger partial charge in [-0.2, -0.15) is 11.3 Å². The van der Waals surface area contributed by atoms with Crippen LogP contribution >= 0.6 is 27.3 Å². The third kappa shape index (κ3) is 4.25. The number of hydrogen-bond acceptors (Lipinski definition) is 4. The van der Waals surface area contributed by atoms with Crippen LogP contribution < -0.4 is 4.74 Å². The number of rotatable bonds is 6. The van der Waals surface area contributed by atoms with E-state index in [-0.39, 0.29) is 12.0 Å². The van der Waals surface area contributed by atoms with Gasteiger partial charge >= 0.3 is 5.97 Å². The van der Waals surface area contributed by atoms with Gasteiger partial charge in [-0.15, -0.1) is 0 Å². The van der Waals surface area contributed by atoms with Crippen LogP contribution in [0.5, 0.6) is 5.75 Å². The predicted octanol–water partition coefficient (Wildman–Crippen LogP) is 4.80. The predicted molar refractivity (Wildman–Crippen MR) is 103 cm³/mol. The van der Waals surface area contributed by atoms with Crippen molar-refractivity contribution in [3.63, 3.8) is 0 Å². The first-order valence-corrected chi connectivity index (χ1v) is 10.2. The molecule has 1 aromatic heterocycles. The number of carbonyl (C=O) groups is 1. The third-order valence-electron chi connectivity index (χ3n) is 4.59. The van der Waals surface area contributed by atoms with Gasteiger partial charge in [0.15, 0.2) is 0 Å². The second kappa shape index (κ2) is 8.34. The number of halogens is 1. The van der Waals surface area contributed by atoms with E-state index in [1.807, 2.05) is 19.1 Å². The Kier molecular flexibility index (Phi) is 6.15. The van der Waals surface area contributed by atoms with Gasteiger partial charge in [-0.1, -0.05) is 15.9 Å². The summed E-state index contributed by atoms with van der Waals surface area (Å²) in [6.07, 6.45) is 1.65. The molecule has 134 valence electrons. The summed E-state index contributed by atoms with van der Waals surface area (Å²) in [7, 11) is 0. The number of piperidine rings is 1. The number of likely N-dealkylation sites (tertiary alicyclic amines) is 1. The van der Waals surface area contributed by atoms with Crippen molar-refractivity contribution in [3.8, 4) is 5.75 Å². The van der Waals surface area contributed by atoms with Crippen LogP contribution in [-0.4, -0.2) is 35.7 Å². The molecule has 1 fully saturated rings. The molecule has 3 rings (SSSR count). The molecule has 0 radical (unpaired) electrons. The summed E-state index contributed by atoms with van der Waals surface area (Å²) < 4.78 is 6.87. The molecule has 1 aromatic carbocycles. The zero-order chi connectivity index (χ0) is 17.8. The Morgan fingerprint density at radius 1 is 1.48 bits per heavy atom. The maximum atomic E-state index is 11.5. The molecular formula is C19H22BrNO3S. The number of thiophene rings is 1. The Morgan fingerprint density at radius 2 is 2.32 bits per heavy atom. The highest BCUT2D eigenvalue weighted by atomic mass is 79.9. The third-order valence-corrected chi connectivity index (χ3v) is 5.79. The molecule has 1 aliphatic heterocycles. The first-order valence-electron chi connectivity index (χ1n) is 8.51. The van der Waals surface area contributed by atoms with Gasteiger partial charge in [0.1, 0.15) is 5.75 Å². The fraction of sp³-hybridized carbons (Fsp3) is 0.421. The average Bonchev–Trinajstić information content (AvgIpc) is 3.12. The van der Waals surface area contributed by atoms with Gasteiger partial charge in [-0.05, 0) is 66.9 Å². The monoisotopic (exact) mass is 423 g/mol. The molecule has 0 amide bonds. The van der Waals surface area contributed by atoms with Crippen LogP contribution in [0.3, 0.4) is 0 Å². The Bertz CT molecular complexity index is 719. The van der Waals surface area contributed by atoms with Crippen molar-refractivity contribution < 1.29 is 14.6 Å². The van der Waals surface area contributed by atoms with E-state index >= 15 is 0 Å². The number of carboxylic acid groups (broad SMARTS) is 1. The zero-order valence-electron chi connectivity index (χ0n) is 14.2. The van der Waals surface area contributed by atoms with E-state index in [2.05, 4.69) is 43.7 Å². The van der Waals surface area contributed by atoms with Gasteiger partial charge in [0, 0.05) is 16.6 Å². The summed E-state index contributed by atoms with van der Waals surface area (Å²) >= 11 is 5.23. The maximum absolute atomic E-state index is 11.5. The van der Waals surface area contributed by atoms with Crippen LogP contribution in [-0.2, 0) is 4.79 Å². The molecule has 1 saturated heterocycles. The van der Waals surface area contributed by atoms with Gasteiger partial charge < -0.3 is 9.84 Å². The van der Waals surface area contributed by atoms with E-state index in [1.54, 1.807) is 11.3 Å². The van der Waals surface area contributed by atoms with Crippen molar-refractivity contribution in [2.75, 3.05) is 19.7 Å². The highest BCUT2D eigenvalue weighted by Gasteiger charge is 2.32. The summed E-state index contributed by atoms with van der Waals surface area (Å²) in [4.78, 5) is 13.8. The molecule has 0 spiro atoms. The molecule has 25 heavy (non-hydrogen) atoms. The first kappa shape index (κ1) is 18.4. The van der Waals surface area contributed by atoms with Crippen molar-refractivity contribution in [1.29, 1.82) is 0 Å². The van der Waals surface area contributed by atoms with Gasteiger partial charge in [-0.3, -0.25) is 9.69 Å². The quantitative estimate of drug-likeness (QED) is 0.724. The molecule has 0 aliphatic carbocycles. The fourth-order valence-electron chi connectivity index (χ4n) is 3.48. The lowest BCUT2D eigenvalue weighted by Gasteiger charge is -2.37. The van der Waals surface area contributed by atoms with Crippen molar-refractivity contribution in [3.05, 3.63) is 50.6 Å². The summed E-state index contributed by atoms with van der Waals surface area (Å²) in [6, 6.07) is 8.19. The molecule has 0 bridgehead atoms. The van der Waals surface area contributed by atoms with E-state index in [1.165, 1.54) is 5.56 Å². The number of nitrogens with zero attached hydrogens (tertiary/aromatic N) is 1. The lowest BCUT2D eigenvalue weighted by molar-refractivity contribution is -0.143. The Hall–Kier alpha value is -1.37. The van der Waals surface area contributed by atoms with Gasteiger partial charge in [0.05, 0.1) is 18.6 Å². The van der Waals surface area contributed by atoms with E-state index in [0.717, 1.165) is 35.2 Å². The van der Waals surface area contributed by atoms with Crippen LogP contribution in [0.25, 0.3) is 0 Å². The summed E-state index contributed by atoms with van der Waals surface area (Å²) in [5, 5.41) is 13.7. The summed E-state index contributed by atoms with van der Waals surface area (Å²) in [5.74, 6) is -0.148. The number of hydrogen-bond donors (Lipinski definition) is 1. The first-order chi connectivity index (χ1) is 12.1. The number of ether oxygens (including phenoxy) is 1. The van der Waals surface area contributed by atoms with Gasteiger partial charge in [0.25, 0.3) is 0 Å². The highest BCUT2D eigenvalue weighted by Crippen LogP contribution is 2.39. The minimum Gasteiger partial charge on any atom is -0.494 e. The van der Waals surface area contributed by atoms with Crippen LogP contribution in [0.1, 0.15) is 36.9 Å². The molecule has 2 unspecified atom stereocenters. The molecule has 6 heteroatoms. The topological polar surface area (TPSA) is 49.8 Å². The van der Waals surface area contributed by atoms with Crippen molar-refractivity contribution in [2.45, 2.75) is 25.8 Å². The van der Waals surface area contributed by atoms with Gasteiger partial charge in [0.2, 0.25) is 0 Å². The van der Waals surface area contributed by atoms with Crippen LogP contribution in [0.4, 0.5) is 0 Å². The van der Waals surface area contributed by atoms with Gasteiger partial charge in [-0.25, -0.2) is 0 Å². The van der Waals surface area contributed by atoms with Crippen molar-refractivity contribution >= 4 is 33.2 Å². The maximum Gasteiger partial charge on any atom is 0.307 e. The molecular weight excluding hydrogens is 402 g/mol. The Balaban J connectivity index is 2.02. The molecule has 2 aromatic rings. The van der Waals surface area contributed by atoms with Crippen molar-refractivity contribution in [1.82, 2.24) is 4.90 Å². The second-order valence-electron chi connectivity index (χ2n) is 6.25. The minimum atomic E-state index is -0.701. The minimum absolute atomic E-state index is 0.00690. The molecule has 2 heterocycles. The van der Waals surface area contributed by atoms with E-state index in [0.29, 0.717) is 13.2 Å². The lowest BCUT2D eigenvalue weighted by Crippen LogP contribution is -2.41. The standard InChI is InChI=1S/C19H22BrNO3S/c1-2-24-17-6-5-15(20)10-16(17)18(14-7-9-25-12-14)21-8-3-4-13(11-21)19(22)23/h5-7,9-10,12-13,18H,2-4,8,11H2,1H3,(H,22,23). The molecule has 2 atom stereocenters. The molecule has 1 N–H and O–H groups in total. The largest absolute Gasteiger partial charge is 0.494 e. The smallest absolute Gasteiger partial charge is 0.307 e. The Morgan fingerprint density at radius 3 is 3.00 bits per heavy atom. The summed E-state index contributed by atoms with van der Waals surface area (Å²) in [6.45, 7) is 4.03. The van der Waals surface area contributed by atoms with Crippen LogP contribution in [0, 0.1) is 5.92 Å². The second-order valence-corrected chi connectivity index (χ2v) is 7.94. The normalized spacial score (nSPS) is 19.5. The zero-order valence-corrected chi connectivity index (χ0v) is 16.6. The number of benzene rings is 1. The van der Waals surface area contributed by atoms with Crippen LogP contribution in [0.15, 0.2) is 39.5 Å². The SMILES string of the molecule is CCOc1ccc(Br)cc1C(c1ccsc1)N1CCCC(C(=O)O)C1. The lowest BCUT2D eigenvalue weighted by atomic mass is 9.92. The van der Waals surface area contributed by atoms with Crippen LogP contribution in [0.2, 0.25) is 0 Å². The highest BCUT2D eigenvalue weighted by molar-refractivity contribution is 9.10. The van der Waals surface area contributed by atoms with Crippen molar-refractivity contribution in [2.24, 2.45) is 5.92 Å². The number of aliphatic carboxylic acids is 1. The number of carboxylic acids is 1. The summed E-state index contributed by atoms with van der Waals surface area (Å²) in [5.41, 5.74) is 2.27. The molecule has 0 saturated carbocycles. The average molecular weight is 424 g/mol. The van der Waals surface area contributed by atoms with E-state index < -0.39 is 5.97 Å². The molecule has 4 nitrogen and oxygen atoms in total. The van der Waals surface area contributed by atoms with E-state index in [4.69, 9.17) is 4.74 Å². The fourth-order valence-corrected chi connectivity index (χ4v) is 4.54. The Labute approximate surface area is 160 Å².